The second-order valence-electron chi connectivity index (χ2n) is 8.53. The average Bonchev–Trinajstić information content (AvgIpc) is 3.33. The number of carbonyl (C=O) groups excluding carboxylic acids is 1. The molecule has 1 amide bonds. The van der Waals surface area contributed by atoms with Crippen molar-refractivity contribution in [2.75, 3.05) is 25.0 Å². The lowest BCUT2D eigenvalue weighted by Crippen LogP contribution is -2.40. The molecule has 0 aliphatic heterocycles. The first-order chi connectivity index (χ1) is 15.0. The Kier molecular flexibility index (Phi) is 7.06. The van der Waals surface area contributed by atoms with Crippen molar-refractivity contribution in [1.82, 2.24) is 19.2 Å². The minimum atomic E-state index is -3.88. The van der Waals surface area contributed by atoms with Crippen LogP contribution >= 0.6 is 0 Å². The second kappa shape index (κ2) is 9.43. The molecule has 0 aliphatic rings. The molecule has 2 N–H and O–H groups in total. The van der Waals surface area contributed by atoms with E-state index in [0.717, 1.165) is 30.7 Å². The minimum Gasteiger partial charge on any atom is -0.438 e. The summed E-state index contributed by atoms with van der Waals surface area (Å²) in [6.45, 7) is 12.7. The normalized spacial score (nSPS) is 12.6. The maximum atomic E-state index is 12.8. The number of nitrogens with zero attached hydrogens (tertiary/aromatic N) is 3. The Morgan fingerprint density at radius 2 is 1.81 bits per heavy atom. The van der Waals surface area contributed by atoms with Gasteiger partial charge in [-0.1, -0.05) is 26.0 Å². The molecule has 0 saturated heterocycles. The summed E-state index contributed by atoms with van der Waals surface area (Å²) in [5.74, 6) is -0.291. The van der Waals surface area contributed by atoms with Gasteiger partial charge < -0.3 is 13.9 Å². The first-order valence-electron chi connectivity index (χ1n) is 10.7. The second-order valence-corrected chi connectivity index (χ2v) is 10.1. The summed E-state index contributed by atoms with van der Waals surface area (Å²) in [6, 6.07) is 10.3. The van der Waals surface area contributed by atoms with Crippen LogP contribution in [0.4, 0.5) is 5.95 Å². The Balaban J connectivity index is 1.84. The molecule has 2 heterocycles. The summed E-state index contributed by atoms with van der Waals surface area (Å²) in [6.07, 6.45) is 0. The zero-order valence-electron chi connectivity index (χ0n) is 19.2. The SMILES string of the molecule is CCN(CC)CCn1c(NC(=O)c2ccc(S(=O)(=O)NC(C)(C)C)o2)nc2ccccc21. The van der Waals surface area contributed by atoms with Crippen molar-refractivity contribution in [2.45, 2.75) is 51.8 Å². The number of carbonyl (C=O) groups is 1. The van der Waals surface area contributed by atoms with Crippen molar-refractivity contribution in [3.8, 4) is 0 Å². The highest BCUT2D eigenvalue weighted by Crippen LogP contribution is 2.22. The van der Waals surface area contributed by atoms with Gasteiger partial charge in [-0.3, -0.25) is 10.1 Å². The van der Waals surface area contributed by atoms with E-state index in [9.17, 15) is 13.2 Å². The first kappa shape index (κ1) is 24.0. The van der Waals surface area contributed by atoms with Crippen LogP contribution < -0.4 is 10.0 Å². The Morgan fingerprint density at radius 1 is 1.12 bits per heavy atom. The van der Waals surface area contributed by atoms with Gasteiger partial charge in [0.2, 0.25) is 11.0 Å². The molecule has 0 atom stereocenters. The van der Waals surface area contributed by atoms with Crippen molar-refractivity contribution in [3.05, 3.63) is 42.2 Å². The van der Waals surface area contributed by atoms with Crippen LogP contribution in [-0.4, -0.2) is 53.9 Å². The van der Waals surface area contributed by atoms with Gasteiger partial charge in [-0.25, -0.2) is 18.1 Å². The largest absolute Gasteiger partial charge is 0.438 e. The van der Waals surface area contributed by atoms with E-state index in [1.54, 1.807) is 20.8 Å². The van der Waals surface area contributed by atoms with Crippen molar-refractivity contribution in [2.24, 2.45) is 0 Å². The molecule has 32 heavy (non-hydrogen) atoms. The quantitative estimate of drug-likeness (QED) is 0.506. The molecule has 0 bridgehead atoms. The lowest BCUT2D eigenvalue weighted by Gasteiger charge is -2.19. The highest BCUT2D eigenvalue weighted by Gasteiger charge is 2.26. The molecule has 0 fully saturated rings. The molecule has 0 unspecified atom stereocenters. The maximum absolute atomic E-state index is 12.8. The van der Waals surface area contributed by atoms with Gasteiger partial charge in [0.1, 0.15) is 0 Å². The van der Waals surface area contributed by atoms with Crippen LogP contribution in [0.5, 0.6) is 0 Å². The van der Waals surface area contributed by atoms with Crippen LogP contribution in [0, 0.1) is 0 Å². The number of likely N-dealkylation sites (N-methyl/N-ethyl adjacent to an activating group) is 1. The molecule has 0 saturated carbocycles. The third kappa shape index (κ3) is 5.56. The molecule has 1 aromatic carbocycles. The molecule has 9 nitrogen and oxygen atoms in total. The van der Waals surface area contributed by atoms with Gasteiger partial charge in [0, 0.05) is 18.6 Å². The van der Waals surface area contributed by atoms with Crippen molar-refractivity contribution >= 4 is 32.9 Å². The van der Waals surface area contributed by atoms with E-state index in [1.807, 2.05) is 28.8 Å². The summed E-state index contributed by atoms with van der Waals surface area (Å²) in [5, 5.41) is 2.46. The van der Waals surface area contributed by atoms with Crippen LogP contribution in [0.25, 0.3) is 11.0 Å². The Labute approximate surface area is 188 Å². The fourth-order valence-corrected chi connectivity index (χ4v) is 4.74. The minimum absolute atomic E-state index is 0.110. The van der Waals surface area contributed by atoms with Crippen LogP contribution in [0.3, 0.4) is 0 Å². The summed E-state index contributed by atoms with van der Waals surface area (Å²) in [4.78, 5) is 19.7. The number of fused-ring (bicyclic) bond motifs is 1. The third-order valence-corrected chi connectivity index (χ3v) is 6.55. The predicted molar refractivity (Wildman–Crippen MR) is 124 cm³/mol. The fraction of sp³-hybridized carbons (Fsp3) is 0.455. The van der Waals surface area contributed by atoms with Gasteiger partial charge in [0.25, 0.3) is 15.9 Å². The number of anilines is 1. The molecule has 0 spiro atoms. The lowest BCUT2D eigenvalue weighted by atomic mass is 10.1. The van der Waals surface area contributed by atoms with E-state index in [0.29, 0.717) is 12.5 Å². The summed E-state index contributed by atoms with van der Waals surface area (Å²) in [7, 11) is -3.88. The molecule has 3 aromatic rings. The molecule has 0 aliphatic carbocycles. The monoisotopic (exact) mass is 461 g/mol. The van der Waals surface area contributed by atoms with Crippen LogP contribution in [0.1, 0.15) is 45.2 Å². The van der Waals surface area contributed by atoms with E-state index >= 15 is 0 Å². The van der Waals surface area contributed by atoms with E-state index in [2.05, 4.69) is 33.8 Å². The number of benzene rings is 1. The number of hydrogen-bond acceptors (Lipinski definition) is 6. The van der Waals surface area contributed by atoms with Crippen LogP contribution in [-0.2, 0) is 16.6 Å². The number of sulfonamides is 1. The lowest BCUT2D eigenvalue weighted by molar-refractivity contribution is 0.0990. The Hall–Kier alpha value is -2.69. The number of imidazole rings is 1. The maximum Gasteiger partial charge on any atom is 0.293 e. The van der Waals surface area contributed by atoms with E-state index in [1.165, 1.54) is 12.1 Å². The van der Waals surface area contributed by atoms with E-state index < -0.39 is 21.5 Å². The van der Waals surface area contributed by atoms with E-state index in [4.69, 9.17) is 4.42 Å². The summed E-state index contributed by atoms with van der Waals surface area (Å²) in [5.41, 5.74) is 0.996. The van der Waals surface area contributed by atoms with Crippen molar-refractivity contribution in [1.29, 1.82) is 0 Å². The molecular formula is C22H31N5O4S. The number of hydrogen-bond donors (Lipinski definition) is 2. The molecule has 2 aromatic heterocycles. The molecule has 174 valence electrons. The fourth-order valence-electron chi connectivity index (χ4n) is 3.38. The standard InChI is InChI=1S/C22H31N5O4S/c1-6-26(7-2)14-15-27-17-11-9-8-10-16(17)23-21(27)24-20(28)18-12-13-19(31-18)32(29,30)25-22(3,4)5/h8-13,25H,6-7,14-15H2,1-5H3,(H,23,24,28). The van der Waals surface area contributed by atoms with Gasteiger partial charge in [-0.15, -0.1) is 0 Å². The van der Waals surface area contributed by atoms with Crippen molar-refractivity contribution < 1.29 is 17.6 Å². The van der Waals surface area contributed by atoms with Gasteiger partial charge >= 0.3 is 0 Å². The topological polar surface area (TPSA) is 109 Å². The zero-order chi connectivity index (χ0) is 23.5. The Bertz CT molecular complexity index is 1190. The number of nitrogens with one attached hydrogen (secondary N) is 2. The summed E-state index contributed by atoms with van der Waals surface area (Å²) < 4.78 is 34.7. The highest BCUT2D eigenvalue weighted by molar-refractivity contribution is 7.89. The van der Waals surface area contributed by atoms with Crippen LogP contribution in [0.2, 0.25) is 0 Å². The average molecular weight is 462 g/mol. The number of para-hydroxylation sites is 2. The zero-order valence-corrected chi connectivity index (χ0v) is 20.0. The van der Waals surface area contributed by atoms with Gasteiger partial charge in [0.05, 0.1) is 11.0 Å². The molecule has 0 radical (unpaired) electrons. The van der Waals surface area contributed by atoms with Gasteiger partial charge in [0.15, 0.2) is 5.76 Å². The molecule has 10 heteroatoms. The number of amides is 1. The number of furan rings is 1. The van der Waals surface area contributed by atoms with E-state index in [-0.39, 0.29) is 10.9 Å². The molecular weight excluding hydrogens is 430 g/mol. The van der Waals surface area contributed by atoms with Gasteiger partial charge in [-0.2, -0.15) is 0 Å². The van der Waals surface area contributed by atoms with Crippen LogP contribution in [0.15, 0.2) is 45.9 Å². The Morgan fingerprint density at radius 3 is 2.47 bits per heavy atom. The van der Waals surface area contributed by atoms with Gasteiger partial charge in [-0.05, 0) is 58.1 Å². The third-order valence-electron chi connectivity index (χ3n) is 4.92. The number of rotatable bonds is 9. The predicted octanol–water partition coefficient (Wildman–Crippen LogP) is 3.30. The molecule has 3 rings (SSSR count). The highest BCUT2D eigenvalue weighted by atomic mass is 32.2. The number of aromatic nitrogens is 2. The first-order valence-corrected chi connectivity index (χ1v) is 12.1. The van der Waals surface area contributed by atoms with Crippen molar-refractivity contribution in [3.63, 3.8) is 0 Å². The summed E-state index contributed by atoms with van der Waals surface area (Å²) >= 11 is 0. The smallest absolute Gasteiger partial charge is 0.293 e.